The lowest BCUT2D eigenvalue weighted by Gasteiger charge is -2.23. The molecule has 216 valence electrons. The van der Waals surface area contributed by atoms with E-state index in [9.17, 15) is 19.2 Å². The summed E-state index contributed by atoms with van der Waals surface area (Å²) in [5.41, 5.74) is 10.5. The van der Waals surface area contributed by atoms with Crippen LogP contribution in [0.1, 0.15) is 46.7 Å². The summed E-state index contributed by atoms with van der Waals surface area (Å²) in [6, 6.07) is 0.727. The Bertz CT molecular complexity index is 1040. The summed E-state index contributed by atoms with van der Waals surface area (Å²) in [6.07, 6.45) is 10.8. The molecule has 16 heteroatoms. The van der Waals surface area contributed by atoms with Crippen LogP contribution >= 0.6 is 0 Å². The molecule has 0 bridgehead atoms. The van der Waals surface area contributed by atoms with Crippen molar-refractivity contribution in [3.8, 4) is 0 Å². The minimum atomic E-state index is -1.26. The van der Waals surface area contributed by atoms with Crippen molar-refractivity contribution in [1.82, 2.24) is 19.9 Å². The van der Waals surface area contributed by atoms with Crippen LogP contribution in [0.15, 0.2) is 36.9 Å². The quantitative estimate of drug-likeness (QED) is 0.233. The van der Waals surface area contributed by atoms with Gasteiger partial charge in [-0.25, -0.2) is 29.5 Å². The van der Waals surface area contributed by atoms with E-state index in [1.807, 2.05) is 0 Å². The number of primary amides is 2. The number of amides is 2. The first-order valence-electron chi connectivity index (χ1n) is 12.2. The number of carboxylic acids is 2. The van der Waals surface area contributed by atoms with Crippen molar-refractivity contribution in [3.05, 3.63) is 48.3 Å². The zero-order valence-electron chi connectivity index (χ0n) is 21.6. The highest BCUT2D eigenvalue weighted by molar-refractivity contribution is 5.91. The first-order valence-corrected chi connectivity index (χ1v) is 12.2. The summed E-state index contributed by atoms with van der Waals surface area (Å²) in [5, 5.41) is 22.1. The predicted molar refractivity (Wildman–Crippen MR) is 140 cm³/mol. The Morgan fingerprint density at radius 3 is 1.27 bits per heavy atom. The predicted octanol–water partition coefficient (Wildman–Crippen LogP) is 0.0446. The third kappa shape index (κ3) is 12.7. The lowest BCUT2D eigenvalue weighted by molar-refractivity contribution is -0.134. The van der Waals surface area contributed by atoms with Gasteiger partial charge in [0.05, 0.1) is 24.8 Å². The molecule has 4 heterocycles. The van der Waals surface area contributed by atoms with Crippen molar-refractivity contribution >= 4 is 35.4 Å². The van der Waals surface area contributed by atoms with Crippen molar-refractivity contribution in [3.63, 3.8) is 0 Å². The molecular weight excluding hydrogens is 528 g/mol. The second kappa shape index (κ2) is 17.0. The largest absolute Gasteiger partial charge is 0.478 e. The number of ether oxygens (including phenoxy) is 2. The fourth-order valence-electron chi connectivity index (χ4n) is 3.30. The van der Waals surface area contributed by atoms with Crippen molar-refractivity contribution in [2.75, 3.05) is 37.1 Å². The van der Waals surface area contributed by atoms with E-state index in [2.05, 4.69) is 30.6 Å². The zero-order valence-corrected chi connectivity index (χ0v) is 21.6. The zero-order chi connectivity index (χ0) is 29.3. The number of hydrogen-bond acceptors (Lipinski definition) is 12. The molecule has 0 radical (unpaired) electrons. The van der Waals surface area contributed by atoms with Gasteiger partial charge in [-0.2, -0.15) is 0 Å². The van der Waals surface area contributed by atoms with E-state index in [4.69, 9.17) is 31.2 Å². The lowest BCUT2D eigenvalue weighted by Crippen LogP contribution is -2.28. The van der Waals surface area contributed by atoms with Crippen LogP contribution in [0.25, 0.3) is 0 Å². The van der Waals surface area contributed by atoms with Crippen molar-refractivity contribution in [1.29, 1.82) is 0 Å². The minimum Gasteiger partial charge on any atom is -0.478 e. The van der Waals surface area contributed by atoms with E-state index >= 15 is 0 Å². The van der Waals surface area contributed by atoms with Crippen molar-refractivity contribution in [2.24, 2.45) is 11.5 Å². The number of nitrogens with zero attached hydrogens (tertiary/aromatic N) is 4. The SMILES string of the molecule is NC(=O)c1cnc(NC2CCOCC2)cn1.NC(=O)c1cnc(NC2CCOCC2)cn1.O=C(O)/C=C/C(=O)O. The van der Waals surface area contributed by atoms with Gasteiger partial charge in [-0.1, -0.05) is 0 Å². The number of carbonyl (C=O) groups excluding carboxylic acids is 2. The van der Waals surface area contributed by atoms with Crippen molar-refractivity contribution in [2.45, 2.75) is 37.8 Å². The van der Waals surface area contributed by atoms with Crippen LogP contribution in [-0.4, -0.2) is 92.4 Å². The summed E-state index contributed by atoms with van der Waals surface area (Å²) in [6.45, 7) is 3.07. The van der Waals surface area contributed by atoms with E-state index in [-0.39, 0.29) is 11.4 Å². The number of aromatic nitrogens is 4. The van der Waals surface area contributed by atoms with Crippen LogP contribution in [0.4, 0.5) is 11.6 Å². The number of nitrogens with two attached hydrogens (primary N) is 2. The summed E-state index contributed by atoms with van der Waals surface area (Å²) >= 11 is 0. The van der Waals surface area contributed by atoms with E-state index in [0.717, 1.165) is 52.1 Å². The molecule has 0 saturated carbocycles. The van der Waals surface area contributed by atoms with E-state index in [1.54, 1.807) is 0 Å². The molecule has 0 aliphatic carbocycles. The molecule has 2 saturated heterocycles. The van der Waals surface area contributed by atoms with E-state index < -0.39 is 23.8 Å². The summed E-state index contributed by atoms with van der Waals surface area (Å²) in [7, 11) is 0. The number of nitrogens with one attached hydrogen (secondary N) is 2. The standard InChI is InChI=1S/2C10H14N4O2.C4H4O4/c2*11-10(15)8-5-13-9(6-12-8)14-7-1-3-16-4-2-7;5-3(6)1-2-4(7)8/h2*5-7H,1-4H2,(H2,11,15)(H,13,14);1-2H,(H,5,6)(H,7,8)/b;;2-1+. The topological polar surface area (TPSA) is 255 Å². The number of carbonyl (C=O) groups is 4. The highest BCUT2D eigenvalue weighted by Crippen LogP contribution is 2.13. The Morgan fingerprint density at radius 1 is 0.675 bits per heavy atom. The lowest BCUT2D eigenvalue weighted by atomic mass is 10.1. The Hall–Kier alpha value is -4.70. The molecule has 2 amide bonds. The van der Waals surface area contributed by atoms with Crippen LogP contribution in [-0.2, 0) is 19.1 Å². The summed E-state index contributed by atoms with van der Waals surface area (Å²) in [4.78, 5) is 56.7. The Morgan fingerprint density at radius 2 is 1.02 bits per heavy atom. The molecule has 0 aromatic carbocycles. The molecule has 0 spiro atoms. The molecule has 0 unspecified atom stereocenters. The van der Waals surface area contributed by atoms with Gasteiger partial charge in [-0.3, -0.25) is 9.59 Å². The van der Waals surface area contributed by atoms with Gasteiger partial charge in [0.1, 0.15) is 23.0 Å². The third-order valence-electron chi connectivity index (χ3n) is 5.32. The van der Waals surface area contributed by atoms with Gasteiger partial charge in [0.25, 0.3) is 11.8 Å². The Kier molecular flexibility index (Phi) is 13.4. The Labute approximate surface area is 229 Å². The maximum atomic E-state index is 10.8. The second-order valence-electron chi connectivity index (χ2n) is 8.37. The summed E-state index contributed by atoms with van der Waals surface area (Å²) in [5.74, 6) is -2.32. The highest BCUT2D eigenvalue weighted by Gasteiger charge is 2.15. The third-order valence-corrected chi connectivity index (χ3v) is 5.32. The average Bonchev–Trinajstić information content (AvgIpc) is 2.94. The maximum Gasteiger partial charge on any atom is 0.328 e. The molecule has 2 aromatic heterocycles. The van der Waals surface area contributed by atoms with Crippen molar-refractivity contribution < 1.29 is 38.9 Å². The van der Waals surface area contributed by atoms with Gasteiger partial charge < -0.3 is 41.8 Å². The fraction of sp³-hybridized carbons (Fsp3) is 0.417. The van der Waals surface area contributed by atoms with Crippen LogP contribution in [0.2, 0.25) is 0 Å². The summed E-state index contributed by atoms with van der Waals surface area (Å²) < 4.78 is 10.5. The van der Waals surface area contributed by atoms with Gasteiger partial charge in [0.15, 0.2) is 0 Å². The molecule has 8 N–H and O–H groups in total. The molecule has 16 nitrogen and oxygen atoms in total. The molecule has 4 rings (SSSR count). The molecule has 2 aliphatic heterocycles. The Balaban J connectivity index is 0.000000224. The fourth-order valence-corrected chi connectivity index (χ4v) is 3.30. The minimum absolute atomic E-state index is 0.178. The average molecular weight is 561 g/mol. The smallest absolute Gasteiger partial charge is 0.328 e. The number of carboxylic acid groups (broad SMARTS) is 2. The number of anilines is 2. The molecule has 2 fully saturated rings. The van der Waals surface area contributed by atoms with Crippen LogP contribution in [0.5, 0.6) is 0 Å². The number of aliphatic carboxylic acids is 2. The highest BCUT2D eigenvalue weighted by atomic mass is 16.5. The van der Waals surface area contributed by atoms with Crippen LogP contribution < -0.4 is 22.1 Å². The van der Waals surface area contributed by atoms with Gasteiger partial charge in [-0.15, -0.1) is 0 Å². The molecule has 2 aliphatic rings. The van der Waals surface area contributed by atoms with Gasteiger partial charge in [-0.05, 0) is 25.7 Å². The van der Waals surface area contributed by atoms with Crippen LogP contribution in [0.3, 0.4) is 0 Å². The van der Waals surface area contributed by atoms with Gasteiger partial charge >= 0.3 is 11.9 Å². The van der Waals surface area contributed by atoms with Crippen LogP contribution in [0, 0.1) is 0 Å². The first kappa shape index (κ1) is 31.5. The van der Waals surface area contributed by atoms with Gasteiger partial charge in [0.2, 0.25) is 0 Å². The molecular formula is C24H32N8O8. The first-order chi connectivity index (χ1) is 19.1. The normalized spacial score (nSPS) is 15.5. The van der Waals surface area contributed by atoms with Gasteiger partial charge in [0, 0.05) is 50.7 Å². The second-order valence-corrected chi connectivity index (χ2v) is 8.37. The molecule has 40 heavy (non-hydrogen) atoms. The van der Waals surface area contributed by atoms with E-state index in [0.29, 0.717) is 35.9 Å². The molecule has 2 aromatic rings. The number of hydrogen-bond donors (Lipinski definition) is 6. The monoisotopic (exact) mass is 560 g/mol. The van der Waals surface area contributed by atoms with E-state index in [1.165, 1.54) is 24.8 Å². The number of rotatable bonds is 8. The molecule has 0 atom stereocenters. The maximum absolute atomic E-state index is 10.8.